The third-order valence-electron chi connectivity index (χ3n) is 3.00. The molecule has 96 valence electrons. The molecule has 0 aromatic heterocycles. The Kier molecular flexibility index (Phi) is 5.09. The molecular formula is C13H20ClNO2. The van der Waals surface area contributed by atoms with Gasteiger partial charge in [-0.15, -0.1) is 12.4 Å². The first-order valence-electron chi connectivity index (χ1n) is 5.92. The molecule has 1 saturated carbocycles. The highest BCUT2D eigenvalue weighted by Gasteiger charge is 2.24. The van der Waals surface area contributed by atoms with Gasteiger partial charge >= 0.3 is 0 Å². The predicted molar refractivity (Wildman–Crippen MR) is 70.8 cm³/mol. The summed E-state index contributed by atoms with van der Waals surface area (Å²) in [6.45, 7) is 2.45. The number of halogens is 1. The molecule has 3 N–H and O–H groups in total. The molecule has 1 aliphatic carbocycles. The topological polar surface area (TPSA) is 55.5 Å². The number of nitrogens with two attached hydrogens (primary N) is 1. The molecule has 1 atom stereocenters. The van der Waals surface area contributed by atoms with Gasteiger partial charge in [-0.25, -0.2) is 0 Å². The van der Waals surface area contributed by atoms with Crippen molar-refractivity contribution in [2.45, 2.75) is 32.2 Å². The van der Waals surface area contributed by atoms with Crippen molar-refractivity contribution in [3.63, 3.8) is 0 Å². The molecule has 1 fully saturated rings. The molecule has 17 heavy (non-hydrogen) atoms. The maximum atomic E-state index is 9.58. The summed E-state index contributed by atoms with van der Waals surface area (Å²) in [6, 6.07) is 5.46. The van der Waals surface area contributed by atoms with Crippen LogP contribution in [0.2, 0.25) is 0 Å². The van der Waals surface area contributed by atoms with Gasteiger partial charge in [-0.3, -0.25) is 0 Å². The Morgan fingerprint density at radius 1 is 1.47 bits per heavy atom. The minimum atomic E-state index is 0. The Labute approximate surface area is 108 Å². The van der Waals surface area contributed by atoms with Crippen molar-refractivity contribution in [1.82, 2.24) is 0 Å². The average molecular weight is 258 g/mol. The van der Waals surface area contributed by atoms with Crippen LogP contribution in [0.4, 0.5) is 0 Å². The molecule has 1 aliphatic rings. The Bertz CT molecular complexity index is 366. The summed E-state index contributed by atoms with van der Waals surface area (Å²) in [5.41, 5.74) is 7.16. The van der Waals surface area contributed by atoms with E-state index < -0.39 is 0 Å². The summed E-state index contributed by atoms with van der Waals surface area (Å²) < 4.78 is 5.34. The van der Waals surface area contributed by atoms with E-state index in [4.69, 9.17) is 10.5 Å². The number of phenolic OH excluding ortho intramolecular Hbond substituents is 1. The minimum absolute atomic E-state index is 0. The molecule has 0 amide bonds. The number of rotatable bonds is 5. The van der Waals surface area contributed by atoms with Crippen LogP contribution in [0.5, 0.6) is 11.5 Å². The number of benzene rings is 1. The molecule has 0 saturated heterocycles. The standard InChI is InChI=1S/C13H19NO2.ClH/c1-2-16-13-8-10(5-6-12(13)15)11(14)7-9-3-4-9;/h5-6,8-9,11,15H,2-4,7,14H2,1H3;1H/t11-;/m0./s1. The van der Waals surface area contributed by atoms with Crippen molar-refractivity contribution in [2.24, 2.45) is 11.7 Å². The van der Waals surface area contributed by atoms with Gasteiger partial charge in [0.1, 0.15) is 0 Å². The smallest absolute Gasteiger partial charge is 0.161 e. The lowest BCUT2D eigenvalue weighted by molar-refractivity contribution is 0.317. The maximum absolute atomic E-state index is 9.58. The fourth-order valence-electron chi connectivity index (χ4n) is 1.88. The molecule has 0 spiro atoms. The first-order chi connectivity index (χ1) is 7.70. The van der Waals surface area contributed by atoms with E-state index in [-0.39, 0.29) is 24.2 Å². The van der Waals surface area contributed by atoms with Crippen LogP contribution in [0.3, 0.4) is 0 Å². The van der Waals surface area contributed by atoms with Crippen LogP contribution >= 0.6 is 12.4 Å². The molecule has 0 heterocycles. The number of phenols is 1. The van der Waals surface area contributed by atoms with E-state index in [2.05, 4.69) is 0 Å². The lowest BCUT2D eigenvalue weighted by Crippen LogP contribution is -2.11. The zero-order chi connectivity index (χ0) is 11.5. The second-order valence-electron chi connectivity index (χ2n) is 4.45. The van der Waals surface area contributed by atoms with Gasteiger partial charge in [0, 0.05) is 6.04 Å². The molecule has 0 radical (unpaired) electrons. The van der Waals surface area contributed by atoms with E-state index in [1.807, 2.05) is 19.1 Å². The van der Waals surface area contributed by atoms with Gasteiger partial charge in [0.25, 0.3) is 0 Å². The highest BCUT2D eigenvalue weighted by atomic mass is 35.5. The van der Waals surface area contributed by atoms with Gasteiger partial charge in [0.05, 0.1) is 6.61 Å². The summed E-state index contributed by atoms with van der Waals surface area (Å²) in [5.74, 6) is 1.52. The fourth-order valence-corrected chi connectivity index (χ4v) is 1.88. The third kappa shape index (κ3) is 3.79. The monoisotopic (exact) mass is 257 g/mol. The Balaban J connectivity index is 0.00000144. The molecule has 1 aromatic carbocycles. The van der Waals surface area contributed by atoms with Crippen LogP contribution in [0, 0.1) is 5.92 Å². The van der Waals surface area contributed by atoms with Crippen molar-refractivity contribution in [1.29, 1.82) is 0 Å². The number of aromatic hydroxyl groups is 1. The van der Waals surface area contributed by atoms with Crippen molar-refractivity contribution in [3.8, 4) is 11.5 Å². The summed E-state index contributed by atoms with van der Waals surface area (Å²) in [4.78, 5) is 0. The van der Waals surface area contributed by atoms with E-state index in [9.17, 15) is 5.11 Å². The van der Waals surface area contributed by atoms with E-state index in [0.717, 1.165) is 17.9 Å². The first kappa shape index (κ1) is 14.1. The highest BCUT2D eigenvalue weighted by Crippen LogP contribution is 2.38. The molecule has 0 aliphatic heterocycles. The molecule has 1 aromatic rings. The molecular weight excluding hydrogens is 238 g/mol. The summed E-state index contributed by atoms with van der Waals surface area (Å²) >= 11 is 0. The van der Waals surface area contributed by atoms with Crippen LogP contribution in [0.15, 0.2) is 18.2 Å². The Morgan fingerprint density at radius 3 is 2.76 bits per heavy atom. The van der Waals surface area contributed by atoms with E-state index in [0.29, 0.717) is 12.4 Å². The summed E-state index contributed by atoms with van der Waals surface area (Å²) in [7, 11) is 0. The van der Waals surface area contributed by atoms with Crippen molar-refractivity contribution >= 4 is 12.4 Å². The molecule has 4 heteroatoms. The van der Waals surface area contributed by atoms with Gasteiger partial charge in [-0.1, -0.05) is 18.9 Å². The Morgan fingerprint density at radius 2 is 2.18 bits per heavy atom. The zero-order valence-electron chi connectivity index (χ0n) is 10.1. The van der Waals surface area contributed by atoms with Gasteiger partial charge in [-0.05, 0) is 37.0 Å². The summed E-state index contributed by atoms with van der Waals surface area (Å²) in [5, 5.41) is 9.58. The lowest BCUT2D eigenvalue weighted by Gasteiger charge is -2.14. The molecule has 0 unspecified atom stereocenters. The van der Waals surface area contributed by atoms with E-state index >= 15 is 0 Å². The fraction of sp³-hybridized carbons (Fsp3) is 0.538. The van der Waals surface area contributed by atoms with Gasteiger partial charge in [0.2, 0.25) is 0 Å². The minimum Gasteiger partial charge on any atom is -0.504 e. The van der Waals surface area contributed by atoms with Gasteiger partial charge in [0.15, 0.2) is 11.5 Å². The number of hydrogen-bond acceptors (Lipinski definition) is 3. The van der Waals surface area contributed by atoms with Crippen LogP contribution in [0.25, 0.3) is 0 Å². The number of hydrogen-bond donors (Lipinski definition) is 2. The van der Waals surface area contributed by atoms with E-state index in [1.165, 1.54) is 12.8 Å². The highest BCUT2D eigenvalue weighted by molar-refractivity contribution is 5.85. The zero-order valence-corrected chi connectivity index (χ0v) is 10.9. The van der Waals surface area contributed by atoms with Crippen LogP contribution in [-0.2, 0) is 0 Å². The molecule has 3 nitrogen and oxygen atoms in total. The third-order valence-corrected chi connectivity index (χ3v) is 3.00. The average Bonchev–Trinajstić information content (AvgIpc) is 3.05. The number of ether oxygens (including phenoxy) is 1. The molecule has 0 bridgehead atoms. The largest absolute Gasteiger partial charge is 0.504 e. The van der Waals surface area contributed by atoms with Crippen molar-refractivity contribution < 1.29 is 9.84 Å². The first-order valence-corrected chi connectivity index (χ1v) is 5.92. The van der Waals surface area contributed by atoms with E-state index in [1.54, 1.807) is 6.07 Å². The SMILES string of the molecule is CCOc1cc([C@@H](N)CC2CC2)ccc1O.Cl. The lowest BCUT2D eigenvalue weighted by atomic mass is 10.0. The summed E-state index contributed by atoms with van der Waals surface area (Å²) in [6.07, 6.45) is 3.66. The van der Waals surface area contributed by atoms with Crippen molar-refractivity contribution in [2.75, 3.05) is 6.61 Å². The van der Waals surface area contributed by atoms with Gasteiger partial charge < -0.3 is 15.6 Å². The second kappa shape index (κ2) is 6.12. The second-order valence-corrected chi connectivity index (χ2v) is 4.45. The quantitative estimate of drug-likeness (QED) is 0.853. The predicted octanol–water partition coefficient (Wildman–Crippen LogP) is 3.01. The van der Waals surface area contributed by atoms with Crippen molar-refractivity contribution in [3.05, 3.63) is 23.8 Å². The van der Waals surface area contributed by atoms with Gasteiger partial charge in [-0.2, -0.15) is 0 Å². The van der Waals surface area contributed by atoms with Crippen LogP contribution in [0.1, 0.15) is 37.8 Å². The maximum Gasteiger partial charge on any atom is 0.161 e. The Hall–Kier alpha value is -0.930. The molecule has 2 rings (SSSR count). The normalized spacial score (nSPS) is 16.1. The van der Waals surface area contributed by atoms with Crippen LogP contribution < -0.4 is 10.5 Å². The van der Waals surface area contributed by atoms with Crippen LogP contribution in [-0.4, -0.2) is 11.7 Å².